The molecule has 8 heteroatoms. The van der Waals surface area contributed by atoms with Gasteiger partial charge in [-0.05, 0) is 54.4 Å². The molecule has 0 aromatic heterocycles. The molecule has 1 atom stereocenters. The summed E-state index contributed by atoms with van der Waals surface area (Å²) < 4.78 is 0.951. The number of halogens is 2. The number of carbonyl (C=O) groups is 2. The molecule has 0 aliphatic carbocycles. The van der Waals surface area contributed by atoms with Gasteiger partial charge in [0.25, 0.3) is 5.91 Å². The van der Waals surface area contributed by atoms with Crippen LogP contribution in [0.25, 0.3) is 0 Å². The van der Waals surface area contributed by atoms with E-state index in [4.69, 9.17) is 11.6 Å². The zero-order valence-corrected chi connectivity index (χ0v) is 20.3. The minimum Gasteiger partial charge on any atom is -0.321 e. The number of thioether (sulfide) groups is 1. The fourth-order valence-electron chi connectivity index (χ4n) is 3.39. The average Bonchev–Trinajstić information content (AvgIpc) is 3.12. The van der Waals surface area contributed by atoms with Crippen LogP contribution in [0.1, 0.15) is 5.56 Å². The van der Waals surface area contributed by atoms with E-state index < -0.39 is 11.2 Å². The van der Waals surface area contributed by atoms with Crippen LogP contribution in [0, 0.1) is 11.3 Å². The van der Waals surface area contributed by atoms with Gasteiger partial charge < -0.3 is 5.32 Å². The van der Waals surface area contributed by atoms with E-state index in [-0.39, 0.29) is 11.5 Å². The van der Waals surface area contributed by atoms with Crippen LogP contribution in [0.4, 0.5) is 11.4 Å². The maximum atomic E-state index is 13.4. The molecule has 1 aliphatic heterocycles. The second-order valence-electron chi connectivity index (χ2n) is 7.20. The summed E-state index contributed by atoms with van der Waals surface area (Å²) in [5.74, 6) is -0.771. The van der Waals surface area contributed by atoms with E-state index in [0.29, 0.717) is 27.8 Å². The first-order chi connectivity index (χ1) is 16.0. The van der Waals surface area contributed by atoms with E-state index in [0.717, 1.165) is 10.0 Å². The number of hydrogen-bond donors (Lipinski definition) is 1. The Labute approximate surface area is 209 Å². The summed E-state index contributed by atoms with van der Waals surface area (Å²) in [6.07, 6.45) is 0.470. The highest BCUT2D eigenvalue weighted by atomic mass is 79.9. The van der Waals surface area contributed by atoms with Gasteiger partial charge in [-0.3, -0.25) is 14.5 Å². The Morgan fingerprint density at radius 2 is 1.82 bits per heavy atom. The standard InChI is InChI=1S/C25H17BrClN3O2S/c26-17-11-9-16(10-12-17)13-22-24(32)30(20-7-2-1-3-8-20)25(33-22)21(15-28)23(31)29-19-6-4-5-18(27)14-19/h1-12,14,22H,13H2,(H,29,31)/b25-21-/t22-/m0/s1. The van der Waals surface area contributed by atoms with Crippen molar-refractivity contribution in [3.05, 3.63) is 105 Å². The topological polar surface area (TPSA) is 73.2 Å². The predicted octanol–water partition coefficient (Wildman–Crippen LogP) is 6.17. The first-order valence-electron chi connectivity index (χ1n) is 9.97. The van der Waals surface area contributed by atoms with Crippen LogP contribution in [0.5, 0.6) is 0 Å². The molecule has 1 heterocycles. The summed E-state index contributed by atoms with van der Waals surface area (Å²) in [7, 11) is 0. The van der Waals surface area contributed by atoms with Crippen LogP contribution < -0.4 is 10.2 Å². The lowest BCUT2D eigenvalue weighted by Crippen LogP contribution is -2.30. The van der Waals surface area contributed by atoms with Crippen molar-refractivity contribution in [2.24, 2.45) is 0 Å². The molecule has 1 aliphatic rings. The van der Waals surface area contributed by atoms with Crippen molar-refractivity contribution in [1.82, 2.24) is 0 Å². The third kappa shape index (κ3) is 5.31. The van der Waals surface area contributed by atoms with Crippen molar-refractivity contribution in [2.75, 3.05) is 10.2 Å². The molecule has 1 saturated heterocycles. The third-order valence-corrected chi connectivity index (χ3v) is 6.96. The smallest absolute Gasteiger partial charge is 0.269 e. The van der Waals surface area contributed by atoms with Gasteiger partial charge in [-0.25, -0.2) is 0 Å². The first kappa shape index (κ1) is 23.1. The quantitative estimate of drug-likeness (QED) is 0.312. The number of nitriles is 1. The molecule has 164 valence electrons. The Hall–Kier alpha value is -3.05. The lowest BCUT2D eigenvalue weighted by molar-refractivity contribution is -0.117. The van der Waals surface area contributed by atoms with Crippen molar-refractivity contribution in [2.45, 2.75) is 11.7 Å². The number of hydrogen-bond acceptors (Lipinski definition) is 4. The second kappa shape index (κ2) is 10.3. The third-order valence-electron chi connectivity index (χ3n) is 4.94. The molecule has 0 spiro atoms. The van der Waals surface area contributed by atoms with E-state index in [1.165, 1.54) is 16.7 Å². The molecular formula is C25H17BrClN3O2S. The molecular weight excluding hydrogens is 522 g/mol. The zero-order chi connectivity index (χ0) is 23.4. The van der Waals surface area contributed by atoms with Gasteiger partial charge >= 0.3 is 0 Å². The zero-order valence-electron chi connectivity index (χ0n) is 17.2. The molecule has 3 aromatic carbocycles. The lowest BCUT2D eigenvalue weighted by atomic mass is 10.1. The summed E-state index contributed by atoms with van der Waals surface area (Å²) in [6, 6.07) is 25.4. The van der Waals surface area contributed by atoms with Crippen molar-refractivity contribution in [3.63, 3.8) is 0 Å². The molecule has 0 radical (unpaired) electrons. The van der Waals surface area contributed by atoms with Crippen LogP contribution >= 0.6 is 39.3 Å². The number of nitrogens with zero attached hydrogens (tertiary/aromatic N) is 2. The van der Waals surface area contributed by atoms with Gasteiger partial charge in [0.05, 0.1) is 5.25 Å². The van der Waals surface area contributed by atoms with Gasteiger partial charge in [0.2, 0.25) is 5.91 Å². The number of rotatable bonds is 5. The molecule has 1 N–H and O–H groups in total. The molecule has 33 heavy (non-hydrogen) atoms. The van der Waals surface area contributed by atoms with Crippen LogP contribution in [0.3, 0.4) is 0 Å². The maximum absolute atomic E-state index is 13.4. The minimum absolute atomic E-state index is 0.129. The maximum Gasteiger partial charge on any atom is 0.269 e. The second-order valence-corrected chi connectivity index (χ2v) is 9.75. The normalized spacial score (nSPS) is 16.9. The number of benzene rings is 3. The number of anilines is 2. The Morgan fingerprint density at radius 1 is 1.09 bits per heavy atom. The first-order valence-corrected chi connectivity index (χ1v) is 12.0. The Balaban J connectivity index is 1.71. The van der Waals surface area contributed by atoms with E-state index in [1.807, 2.05) is 48.5 Å². The lowest BCUT2D eigenvalue weighted by Gasteiger charge is -2.18. The molecule has 1 fully saturated rings. The SMILES string of the molecule is N#C/C(C(=O)Nc1cccc(Cl)c1)=C1/S[C@@H](Cc2ccc(Br)cc2)C(=O)N1c1ccccc1. The summed E-state index contributed by atoms with van der Waals surface area (Å²) in [6.45, 7) is 0. The summed E-state index contributed by atoms with van der Waals surface area (Å²) >= 11 is 10.7. The van der Waals surface area contributed by atoms with E-state index in [2.05, 4.69) is 21.2 Å². The molecule has 2 amide bonds. The highest BCUT2D eigenvalue weighted by molar-refractivity contribution is 9.10. The molecule has 5 nitrogen and oxygen atoms in total. The Kier molecular flexibility index (Phi) is 7.19. The summed E-state index contributed by atoms with van der Waals surface area (Å²) in [5, 5.41) is 12.9. The van der Waals surface area contributed by atoms with E-state index in [9.17, 15) is 14.9 Å². The fourth-order valence-corrected chi connectivity index (χ4v) is 5.16. The van der Waals surface area contributed by atoms with Gasteiger partial charge in [-0.2, -0.15) is 5.26 Å². The highest BCUT2D eigenvalue weighted by Gasteiger charge is 2.40. The number of para-hydroxylation sites is 1. The minimum atomic E-state index is -0.597. The van der Waals surface area contributed by atoms with Crippen LogP contribution in [0.15, 0.2) is 93.9 Å². The van der Waals surface area contributed by atoms with Gasteiger partial charge in [0.1, 0.15) is 16.7 Å². The van der Waals surface area contributed by atoms with Gasteiger partial charge in [-0.15, -0.1) is 0 Å². The van der Waals surface area contributed by atoms with Gasteiger partial charge in [0.15, 0.2) is 0 Å². The van der Waals surface area contributed by atoms with E-state index in [1.54, 1.807) is 36.4 Å². The van der Waals surface area contributed by atoms with Gasteiger partial charge in [-0.1, -0.05) is 75.7 Å². The molecule has 0 bridgehead atoms. The van der Waals surface area contributed by atoms with Crippen LogP contribution in [0.2, 0.25) is 5.02 Å². The predicted molar refractivity (Wildman–Crippen MR) is 136 cm³/mol. The van der Waals surface area contributed by atoms with Crippen molar-refractivity contribution in [3.8, 4) is 6.07 Å². The fraction of sp³-hybridized carbons (Fsp3) is 0.0800. The Bertz CT molecular complexity index is 1270. The monoisotopic (exact) mass is 537 g/mol. The summed E-state index contributed by atoms with van der Waals surface area (Å²) in [5.41, 5.74) is 1.93. The molecule has 4 rings (SSSR count). The van der Waals surface area contributed by atoms with Crippen molar-refractivity contribution >= 4 is 62.5 Å². The number of amides is 2. The number of carbonyl (C=O) groups excluding carboxylic acids is 2. The van der Waals surface area contributed by atoms with Crippen molar-refractivity contribution < 1.29 is 9.59 Å². The average molecular weight is 539 g/mol. The molecule has 3 aromatic rings. The molecule has 0 saturated carbocycles. The molecule has 0 unspecified atom stereocenters. The van der Waals surface area contributed by atoms with E-state index >= 15 is 0 Å². The largest absolute Gasteiger partial charge is 0.321 e. The number of nitrogens with one attached hydrogen (secondary N) is 1. The van der Waals surface area contributed by atoms with Crippen molar-refractivity contribution in [1.29, 1.82) is 5.26 Å². The highest BCUT2D eigenvalue weighted by Crippen LogP contribution is 2.42. The summed E-state index contributed by atoms with van der Waals surface area (Å²) in [4.78, 5) is 27.9. The Morgan fingerprint density at radius 3 is 2.48 bits per heavy atom. The van der Waals surface area contributed by atoms with Crippen LogP contribution in [-0.4, -0.2) is 17.1 Å². The van der Waals surface area contributed by atoms with Crippen LogP contribution in [-0.2, 0) is 16.0 Å². The van der Waals surface area contributed by atoms with Gasteiger partial charge in [0, 0.05) is 20.9 Å².